The first-order chi connectivity index (χ1) is 14.4. The average Bonchev–Trinajstić information content (AvgIpc) is 3.22. The zero-order valence-electron chi connectivity index (χ0n) is 17.9. The molecule has 30 heavy (non-hydrogen) atoms. The van der Waals surface area contributed by atoms with Crippen molar-refractivity contribution in [2.75, 3.05) is 26.2 Å². The lowest BCUT2D eigenvalue weighted by atomic mass is 10.1. The first-order valence-electron chi connectivity index (χ1n) is 10.9. The van der Waals surface area contributed by atoms with Gasteiger partial charge in [-0.15, -0.1) is 0 Å². The fourth-order valence-electron chi connectivity index (χ4n) is 3.91. The minimum atomic E-state index is -0.319. The highest BCUT2D eigenvalue weighted by Gasteiger charge is 2.28. The van der Waals surface area contributed by atoms with Gasteiger partial charge in [-0.3, -0.25) is 10.1 Å². The maximum absolute atomic E-state index is 12.9. The number of benzene rings is 1. The van der Waals surface area contributed by atoms with E-state index in [9.17, 15) is 9.59 Å². The van der Waals surface area contributed by atoms with Crippen molar-refractivity contribution in [2.24, 2.45) is 5.92 Å². The van der Waals surface area contributed by atoms with E-state index in [1.165, 1.54) is 0 Å². The minimum absolute atomic E-state index is 0.0706. The van der Waals surface area contributed by atoms with Crippen LogP contribution in [0.3, 0.4) is 0 Å². The fraction of sp³-hybridized carbons (Fsp3) is 0.636. The van der Waals surface area contributed by atoms with Crippen molar-refractivity contribution in [1.29, 1.82) is 0 Å². The molecule has 0 bridgehead atoms. The number of carbonyl (C=O) groups excluding carboxylic acids is 2. The van der Waals surface area contributed by atoms with Crippen LogP contribution in [-0.2, 0) is 11.3 Å². The number of imide groups is 1. The molecule has 0 spiro atoms. The van der Waals surface area contributed by atoms with Gasteiger partial charge in [0.2, 0.25) is 5.91 Å². The average molecular weight is 481 g/mol. The molecule has 7 nitrogen and oxygen atoms in total. The minimum Gasteiger partial charge on any atom is -0.489 e. The molecule has 1 aromatic carbocycles. The molecule has 2 aliphatic heterocycles. The van der Waals surface area contributed by atoms with E-state index in [1.807, 2.05) is 32.0 Å². The molecule has 3 amide bonds. The highest BCUT2D eigenvalue weighted by Crippen LogP contribution is 2.29. The van der Waals surface area contributed by atoms with Crippen LogP contribution >= 0.6 is 15.9 Å². The number of hydrogen-bond donors (Lipinski definition) is 3. The van der Waals surface area contributed by atoms with Gasteiger partial charge in [0.1, 0.15) is 11.9 Å². The van der Waals surface area contributed by atoms with Crippen molar-refractivity contribution < 1.29 is 14.3 Å². The van der Waals surface area contributed by atoms with Gasteiger partial charge in [-0.25, -0.2) is 4.79 Å². The second-order valence-corrected chi connectivity index (χ2v) is 9.41. The predicted octanol–water partition coefficient (Wildman–Crippen LogP) is 3.03. The first-order valence-corrected chi connectivity index (χ1v) is 11.7. The number of hydrogen-bond acceptors (Lipinski definition) is 5. The van der Waals surface area contributed by atoms with Crippen LogP contribution in [0.4, 0.5) is 4.79 Å². The van der Waals surface area contributed by atoms with Gasteiger partial charge in [0.25, 0.3) is 0 Å². The molecule has 2 fully saturated rings. The third-order valence-electron chi connectivity index (χ3n) is 5.50. The van der Waals surface area contributed by atoms with Gasteiger partial charge in [-0.2, -0.15) is 0 Å². The van der Waals surface area contributed by atoms with E-state index in [-0.39, 0.29) is 30.0 Å². The second kappa shape index (κ2) is 11.1. The second-order valence-electron chi connectivity index (χ2n) is 8.56. The molecule has 0 radical (unpaired) electrons. The van der Waals surface area contributed by atoms with Crippen molar-refractivity contribution in [2.45, 2.75) is 58.2 Å². The van der Waals surface area contributed by atoms with Crippen molar-refractivity contribution in [3.63, 3.8) is 0 Å². The van der Waals surface area contributed by atoms with Crippen LogP contribution in [0.1, 0.15) is 45.1 Å². The zero-order chi connectivity index (χ0) is 21.5. The Balaban J connectivity index is 1.66. The molecular weight excluding hydrogens is 448 g/mol. The zero-order valence-corrected chi connectivity index (χ0v) is 19.5. The number of nitrogens with one attached hydrogen (secondary N) is 3. The van der Waals surface area contributed by atoms with Crippen LogP contribution in [0.5, 0.6) is 5.75 Å². The number of amides is 3. The number of urea groups is 1. The van der Waals surface area contributed by atoms with Crippen molar-refractivity contribution in [3.8, 4) is 5.75 Å². The Morgan fingerprint density at radius 1 is 1.20 bits per heavy atom. The monoisotopic (exact) mass is 480 g/mol. The Morgan fingerprint density at radius 2 is 1.93 bits per heavy atom. The molecular formula is C22H33BrN4O3. The van der Waals surface area contributed by atoms with Gasteiger partial charge >= 0.3 is 6.03 Å². The molecule has 0 aromatic heterocycles. The highest BCUT2D eigenvalue weighted by atomic mass is 79.9. The largest absolute Gasteiger partial charge is 0.489 e. The van der Waals surface area contributed by atoms with E-state index in [0.29, 0.717) is 13.0 Å². The van der Waals surface area contributed by atoms with Crippen molar-refractivity contribution >= 4 is 27.9 Å². The van der Waals surface area contributed by atoms with E-state index in [1.54, 1.807) is 4.90 Å². The van der Waals surface area contributed by atoms with Gasteiger partial charge in [0.05, 0.1) is 4.47 Å². The molecule has 0 unspecified atom stereocenters. The molecule has 3 N–H and O–H groups in total. The number of nitrogens with zero attached hydrogens (tertiary/aromatic N) is 1. The maximum Gasteiger partial charge on any atom is 0.324 e. The Labute approximate surface area is 187 Å². The summed E-state index contributed by atoms with van der Waals surface area (Å²) >= 11 is 3.63. The lowest BCUT2D eigenvalue weighted by Crippen LogP contribution is -2.48. The third-order valence-corrected chi connectivity index (χ3v) is 6.12. The molecule has 3 rings (SSSR count). The summed E-state index contributed by atoms with van der Waals surface area (Å²) in [5.41, 5.74) is 0.998. The summed E-state index contributed by atoms with van der Waals surface area (Å²) in [6.45, 7) is 7.95. The van der Waals surface area contributed by atoms with Gasteiger partial charge in [-0.1, -0.05) is 19.9 Å². The fourth-order valence-corrected chi connectivity index (χ4v) is 4.43. The summed E-state index contributed by atoms with van der Waals surface area (Å²) in [7, 11) is 0. The number of halogens is 1. The lowest BCUT2D eigenvalue weighted by Gasteiger charge is -2.29. The molecule has 2 saturated heterocycles. The maximum atomic E-state index is 12.9. The SMILES string of the molecule is CC(C)CC(=O)NC(=O)N(Cc1ccc(OC2CCNCC2)c(Br)c1)[C@H]1CCNC1. The molecule has 2 aliphatic rings. The quantitative estimate of drug-likeness (QED) is 0.558. The summed E-state index contributed by atoms with van der Waals surface area (Å²) in [4.78, 5) is 26.8. The number of rotatable bonds is 7. The summed E-state index contributed by atoms with van der Waals surface area (Å²) in [5, 5.41) is 9.21. The van der Waals surface area contributed by atoms with Crippen LogP contribution in [0.2, 0.25) is 0 Å². The van der Waals surface area contributed by atoms with Crippen LogP contribution < -0.4 is 20.7 Å². The van der Waals surface area contributed by atoms with Gasteiger partial charge in [0.15, 0.2) is 0 Å². The van der Waals surface area contributed by atoms with E-state index in [4.69, 9.17) is 4.74 Å². The predicted molar refractivity (Wildman–Crippen MR) is 120 cm³/mol. The summed E-state index contributed by atoms with van der Waals surface area (Å²) in [5.74, 6) is 0.817. The standard InChI is InChI=1S/C22H33BrN4O3/c1-15(2)11-21(28)26-22(29)27(17-5-8-25-13-17)14-16-3-4-20(19(23)12-16)30-18-6-9-24-10-7-18/h3-4,12,15,17-18,24-25H,5-11,13-14H2,1-2H3,(H,26,28,29)/t17-/m0/s1. The van der Waals surface area contributed by atoms with Crippen LogP contribution in [0, 0.1) is 5.92 Å². The van der Waals surface area contributed by atoms with Crippen molar-refractivity contribution in [1.82, 2.24) is 20.9 Å². The van der Waals surface area contributed by atoms with Gasteiger partial charge in [-0.05, 0) is 78.4 Å². The summed E-state index contributed by atoms with van der Waals surface area (Å²) < 4.78 is 7.04. The summed E-state index contributed by atoms with van der Waals surface area (Å²) in [6.07, 6.45) is 3.45. The molecule has 2 heterocycles. The van der Waals surface area contributed by atoms with E-state index < -0.39 is 0 Å². The lowest BCUT2D eigenvalue weighted by molar-refractivity contribution is -0.120. The number of ether oxygens (including phenoxy) is 1. The van der Waals surface area contributed by atoms with Gasteiger partial charge < -0.3 is 20.3 Å². The Hall–Kier alpha value is -1.64. The smallest absolute Gasteiger partial charge is 0.324 e. The van der Waals surface area contributed by atoms with E-state index in [0.717, 1.165) is 61.2 Å². The molecule has 1 atom stereocenters. The van der Waals surface area contributed by atoms with Crippen LogP contribution in [0.25, 0.3) is 0 Å². The number of carbonyl (C=O) groups is 2. The van der Waals surface area contributed by atoms with E-state index in [2.05, 4.69) is 31.9 Å². The highest BCUT2D eigenvalue weighted by molar-refractivity contribution is 9.10. The van der Waals surface area contributed by atoms with Crippen LogP contribution in [-0.4, -0.2) is 55.2 Å². The molecule has 8 heteroatoms. The normalized spacial score (nSPS) is 19.7. The molecule has 0 saturated carbocycles. The Bertz CT molecular complexity index is 731. The van der Waals surface area contributed by atoms with Gasteiger partial charge in [0, 0.05) is 25.6 Å². The van der Waals surface area contributed by atoms with Crippen molar-refractivity contribution in [3.05, 3.63) is 28.2 Å². The van der Waals surface area contributed by atoms with E-state index >= 15 is 0 Å². The molecule has 0 aliphatic carbocycles. The molecule has 1 aromatic rings. The molecule has 166 valence electrons. The Kier molecular flexibility index (Phi) is 8.53. The Morgan fingerprint density at radius 3 is 2.57 bits per heavy atom. The topological polar surface area (TPSA) is 82.7 Å². The number of piperidine rings is 1. The summed E-state index contributed by atoms with van der Waals surface area (Å²) in [6, 6.07) is 5.73. The first kappa shape index (κ1) is 23.0. The third kappa shape index (κ3) is 6.68. The van der Waals surface area contributed by atoms with Crippen LogP contribution in [0.15, 0.2) is 22.7 Å².